The molecule has 2 aliphatic heterocycles. The summed E-state index contributed by atoms with van der Waals surface area (Å²) in [5.41, 5.74) is 1.10. The van der Waals surface area contributed by atoms with Crippen LogP contribution in [0.1, 0.15) is 44.1 Å². The van der Waals surface area contributed by atoms with Crippen LogP contribution in [-0.2, 0) is 23.1 Å². The number of unbranched alkanes of at least 4 members (excludes halogenated alkanes) is 1. The van der Waals surface area contributed by atoms with E-state index in [1.165, 1.54) is 11.3 Å². The van der Waals surface area contributed by atoms with Gasteiger partial charge in [0.25, 0.3) is 5.91 Å². The predicted molar refractivity (Wildman–Crippen MR) is 179 cm³/mol. The molecule has 0 saturated carbocycles. The van der Waals surface area contributed by atoms with Crippen LogP contribution in [0.4, 0.5) is 9.80 Å². The molecule has 1 N–H and O–H groups in total. The summed E-state index contributed by atoms with van der Waals surface area (Å²) in [5, 5.41) is 4.28. The fraction of sp³-hybridized carbons (Fsp3) is 0.613. The summed E-state index contributed by atoms with van der Waals surface area (Å²) in [4.78, 5) is 52.8. The number of hydrogen-bond donors (Lipinski definition) is 1. The molecule has 1 atom stereocenters. The Balaban J connectivity index is 1.58. The average Bonchev–Trinajstić information content (AvgIpc) is 3.51. The number of nitrogens with zero attached hydrogens (tertiary/aromatic N) is 5. The van der Waals surface area contributed by atoms with Crippen molar-refractivity contribution in [2.24, 2.45) is 0 Å². The largest absolute Gasteiger partial charge is 0.449 e. The standard InChI is InChI=1S/C31H47N6O7PS/c1-5-8-22-42-31(40)37-20-18-35(19-21-37)29(39)25(23-45(41,43-6-2)44-7-3)32-27(38)26-30(36-16-14-34(4)15-17-36)46-28(33-26)24-12-10-9-11-13-24/h9-13,25H,5-8,14-23H2,1-4H3,(H,32,38). The zero-order valence-electron chi connectivity index (χ0n) is 27.3. The molecule has 3 amide bonds. The smallest absolute Gasteiger partial charge is 0.409 e. The van der Waals surface area contributed by atoms with Crippen molar-refractivity contribution in [3.05, 3.63) is 36.0 Å². The second kappa shape index (κ2) is 17.2. The van der Waals surface area contributed by atoms with E-state index in [1.54, 1.807) is 23.6 Å². The maximum atomic E-state index is 14.1. The van der Waals surface area contributed by atoms with Crippen LogP contribution in [0.2, 0.25) is 0 Å². The van der Waals surface area contributed by atoms with Crippen molar-refractivity contribution in [1.82, 2.24) is 25.0 Å². The quantitative estimate of drug-likeness (QED) is 0.231. The molecule has 4 rings (SSSR count). The Morgan fingerprint density at radius 2 is 1.57 bits per heavy atom. The molecule has 2 aromatic rings. The summed E-state index contributed by atoms with van der Waals surface area (Å²) in [6.07, 6.45) is 0.962. The predicted octanol–water partition coefficient (Wildman–Crippen LogP) is 4.01. The van der Waals surface area contributed by atoms with Gasteiger partial charge in [0, 0.05) is 57.9 Å². The number of nitrogens with one attached hydrogen (secondary N) is 1. The molecule has 2 aliphatic rings. The maximum Gasteiger partial charge on any atom is 0.409 e. The molecule has 15 heteroatoms. The van der Waals surface area contributed by atoms with Crippen LogP contribution in [0.15, 0.2) is 30.3 Å². The molecule has 1 aromatic heterocycles. The molecule has 0 bridgehead atoms. The van der Waals surface area contributed by atoms with Crippen LogP contribution in [0.5, 0.6) is 0 Å². The minimum absolute atomic E-state index is 0.116. The first-order valence-electron chi connectivity index (χ1n) is 16.1. The number of likely N-dealkylation sites (N-methyl/N-ethyl adjacent to an activating group) is 1. The third kappa shape index (κ3) is 9.51. The van der Waals surface area contributed by atoms with E-state index in [0.29, 0.717) is 11.6 Å². The monoisotopic (exact) mass is 678 g/mol. The van der Waals surface area contributed by atoms with Crippen LogP contribution in [0.25, 0.3) is 10.6 Å². The Labute approximate surface area is 275 Å². The molecule has 3 heterocycles. The van der Waals surface area contributed by atoms with Gasteiger partial charge in [0.05, 0.1) is 26.0 Å². The Morgan fingerprint density at radius 1 is 0.935 bits per heavy atom. The van der Waals surface area contributed by atoms with Crippen LogP contribution in [0, 0.1) is 0 Å². The van der Waals surface area contributed by atoms with Gasteiger partial charge in [0.15, 0.2) is 5.69 Å². The van der Waals surface area contributed by atoms with Crippen LogP contribution >= 0.6 is 18.9 Å². The first-order valence-corrected chi connectivity index (χ1v) is 18.6. The van der Waals surface area contributed by atoms with Gasteiger partial charge in [-0.3, -0.25) is 14.2 Å². The third-order valence-electron chi connectivity index (χ3n) is 7.87. The Bertz CT molecular complexity index is 1340. The summed E-state index contributed by atoms with van der Waals surface area (Å²) in [5.74, 6) is -0.963. The number of benzene rings is 1. The number of piperazine rings is 2. The van der Waals surface area contributed by atoms with Crippen molar-refractivity contribution >= 4 is 41.8 Å². The van der Waals surface area contributed by atoms with Crippen molar-refractivity contribution < 1.29 is 32.7 Å². The van der Waals surface area contributed by atoms with E-state index in [2.05, 4.69) is 22.2 Å². The molecule has 254 valence electrons. The van der Waals surface area contributed by atoms with E-state index in [4.69, 9.17) is 18.8 Å². The first kappa shape index (κ1) is 35.8. The number of carbonyl (C=O) groups excluding carboxylic acids is 3. The van der Waals surface area contributed by atoms with E-state index >= 15 is 0 Å². The zero-order valence-corrected chi connectivity index (χ0v) is 29.0. The Hall–Kier alpha value is -3.03. The molecule has 2 fully saturated rings. The SMILES string of the molecule is CCCCOC(=O)N1CCN(C(=O)C(CP(=O)(OCC)OCC)NC(=O)c2nc(-c3ccccc3)sc2N2CCN(C)CC2)CC1. The van der Waals surface area contributed by atoms with Crippen molar-refractivity contribution in [1.29, 1.82) is 0 Å². The number of aromatic nitrogens is 1. The van der Waals surface area contributed by atoms with Gasteiger partial charge in [0.2, 0.25) is 5.91 Å². The molecular weight excluding hydrogens is 631 g/mol. The number of hydrogen-bond acceptors (Lipinski definition) is 11. The van der Waals surface area contributed by atoms with Crippen molar-refractivity contribution in [2.75, 3.05) is 90.3 Å². The van der Waals surface area contributed by atoms with Gasteiger partial charge in [-0.2, -0.15) is 0 Å². The number of carbonyl (C=O) groups is 3. The Kier molecular flexibility index (Phi) is 13.4. The summed E-state index contributed by atoms with van der Waals surface area (Å²) in [7, 11) is -1.68. The summed E-state index contributed by atoms with van der Waals surface area (Å²) in [6, 6.07) is 8.45. The lowest BCUT2D eigenvalue weighted by Crippen LogP contribution is -2.57. The minimum atomic E-state index is -3.74. The molecular formula is C31H47N6O7PS. The molecule has 0 aliphatic carbocycles. The normalized spacial score (nSPS) is 16.7. The summed E-state index contributed by atoms with van der Waals surface area (Å²) >= 11 is 1.44. The number of thiazole rings is 1. The first-order chi connectivity index (χ1) is 22.2. The van der Waals surface area contributed by atoms with E-state index in [0.717, 1.165) is 49.6 Å². The fourth-order valence-electron chi connectivity index (χ4n) is 5.28. The van der Waals surface area contributed by atoms with Gasteiger partial charge >= 0.3 is 13.7 Å². The second-order valence-corrected chi connectivity index (χ2v) is 14.3. The van der Waals surface area contributed by atoms with Gasteiger partial charge in [-0.05, 0) is 27.3 Å². The molecule has 46 heavy (non-hydrogen) atoms. The summed E-state index contributed by atoms with van der Waals surface area (Å²) < 4.78 is 30.1. The zero-order chi connectivity index (χ0) is 33.1. The minimum Gasteiger partial charge on any atom is -0.449 e. The highest BCUT2D eigenvalue weighted by molar-refractivity contribution is 7.54. The van der Waals surface area contributed by atoms with Crippen LogP contribution in [-0.4, -0.2) is 129 Å². The fourth-order valence-corrected chi connectivity index (χ4v) is 8.17. The molecule has 2 saturated heterocycles. The van der Waals surface area contributed by atoms with E-state index < -0.39 is 31.5 Å². The van der Waals surface area contributed by atoms with E-state index in [1.807, 2.05) is 37.3 Å². The lowest BCUT2D eigenvalue weighted by Gasteiger charge is -2.36. The van der Waals surface area contributed by atoms with Crippen molar-refractivity contribution in [3.8, 4) is 10.6 Å². The molecule has 1 unspecified atom stereocenters. The van der Waals surface area contributed by atoms with E-state index in [-0.39, 0.29) is 51.2 Å². The topological polar surface area (TPSA) is 134 Å². The lowest BCUT2D eigenvalue weighted by atomic mass is 10.2. The van der Waals surface area contributed by atoms with E-state index in [9.17, 15) is 18.9 Å². The second-order valence-electron chi connectivity index (χ2n) is 11.3. The van der Waals surface area contributed by atoms with Gasteiger partial charge in [0.1, 0.15) is 16.1 Å². The molecule has 13 nitrogen and oxygen atoms in total. The molecule has 0 spiro atoms. The van der Waals surface area contributed by atoms with Crippen LogP contribution in [0.3, 0.4) is 0 Å². The highest BCUT2D eigenvalue weighted by atomic mass is 32.1. The van der Waals surface area contributed by atoms with Crippen molar-refractivity contribution in [2.45, 2.75) is 39.7 Å². The number of amides is 3. The highest BCUT2D eigenvalue weighted by Gasteiger charge is 2.38. The number of ether oxygens (including phenoxy) is 1. The average molecular weight is 679 g/mol. The Morgan fingerprint density at radius 3 is 2.17 bits per heavy atom. The third-order valence-corrected chi connectivity index (χ3v) is 11.2. The van der Waals surface area contributed by atoms with Gasteiger partial charge in [-0.25, -0.2) is 9.78 Å². The number of anilines is 1. The van der Waals surface area contributed by atoms with Crippen molar-refractivity contribution in [3.63, 3.8) is 0 Å². The van der Waals surface area contributed by atoms with Gasteiger partial charge < -0.3 is 38.7 Å². The van der Waals surface area contributed by atoms with Crippen LogP contribution < -0.4 is 10.2 Å². The molecule has 0 radical (unpaired) electrons. The molecule has 1 aromatic carbocycles. The maximum absolute atomic E-state index is 14.1. The number of rotatable bonds is 14. The van der Waals surface area contributed by atoms with Gasteiger partial charge in [-0.1, -0.05) is 55.0 Å². The lowest BCUT2D eigenvalue weighted by molar-refractivity contribution is -0.134. The highest BCUT2D eigenvalue weighted by Crippen LogP contribution is 2.48. The van der Waals surface area contributed by atoms with Gasteiger partial charge in [-0.15, -0.1) is 0 Å². The summed E-state index contributed by atoms with van der Waals surface area (Å²) in [6.45, 7) is 10.2.